The van der Waals surface area contributed by atoms with Gasteiger partial charge >= 0.3 is 0 Å². The summed E-state index contributed by atoms with van der Waals surface area (Å²) in [5.74, 6) is 0.998. The lowest BCUT2D eigenvalue weighted by atomic mass is 9.85. The van der Waals surface area contributed by atoms with Crippen LogP contribution in [0.1, 0.15) is 53.4 Å². The van der Waals surface area contributed by atoms with Crippen LogP contribution in [0.2, 0.25) is 0 Å². The summed E-state index contributed by atoms with van der Waals surface area (Å²) in [5, 5.41) is 0. The first kappa shape index (κ1) is 14.0. The minimum Gasteiger partial charge on any atom is -0.327 e. The van der Waals surface area contributed by atoms with E-state index in [4.69, 9.17) is 5.73 Å². The second-order valence-electron chi connectivity index (χ2n) is 6.51. The fourth-order valence-corrected chi connectivity index (χ4v) is 2.03. The van der Waals surface area contributed by atoms with Gasteiger partial charge in [-0.05, 0) is 50.1 Å². The molecule has 0 amide bonds. The van der Waals surface area contributed by atoms with E-state index in [1.165, 1.54) is 38.9 Å². The van der Waals surface area contributed by atoms with Crippen LogP contribution in [0.25, 0.3) is 0 Å². The van der Waals surface area contributed by atoms with Crippen LogP contribution in [0.15, 0.2) is 0 Å². The second-order valence-corrected chi connectivity index (χ2v) is 6.51. The van der Waals surface area contributed by atoms with Crippen molar-refractivity contribution in [1.82, 2.24) is 4.90 Å². The Labute approximate surface area is 102 Å². The average molecular weight is 226 g/mol. The summed E-state index contributed by atoms with van der Waals surface area (Å²) in [6.07, 6.45) is 5.30. The third-order valence-corrected chi connectivity index (χ3v) is 3.62. The van der Waals surface area contributed by atoms with Gasteiger partial charge in [0, 0.05) is 12.6 Å². The molecule has 1 saturated carbocycles. The molecule has 16 heavy (non-hydrogen) atoms. The van der Waals surface area contributed by atoms with Crippen LogP contribution in [-0.2, 0) is 0 Å². The highest BCUT2D eigenvalue weighted by Gasteiger charge is 2.25. The van der Waals surface area contributed by atoms with Gasteiger partial charge in [0.05, 0.1) is 0 Å². The van der Waals surface area contributed by atoms with Crippen LogP contribution >= 0.6 is 0 Å². The van der Waals surface area contributed by atoms with Gasteiger partial charge in [-0.1, -0.05) is 27.7 Å². The lowest BCUT2D eigenvalue weighted by Crippen LogP contribution is -2.39. The van der Waals surface area contributed by atoms with Crippen LogP contribution in [-0.4, -0.2) is 30.6 Å². The highest BCUT2D eigenvalue weighted by molar-refractivity contribution is 4.81. The molecular formula is C14H30N2. The number of rotatable bonds is 7. The predicted molar refractivity (Wildman–Crippen MR) is 71.5 cm³/mol. The van der Waals surface area contributed by atoms with Crippen molar-refractivity contribution in [2.24, 2.45) is 17.1 Å². The Morgan fingerprint density at radius 1 is 1.25 bits per heavy atom. The third-order valence-electron chi connectivity index (χ3n) is 3.62. The molecule has 0 bridgehead atoms. The Morgan fingerprint density at radius 3 is 2.31 bits per heavy atom. The molecule has 0 aromatic heterocycles. The number of nitrogens with zero attached hydrogens (tertiary/aromatic N) is 1. The molecule has 1 fully saturated rings. The second kappa shape index (κ2) is 6.02. The maximum Gasteiger partial charge on any atom is 0.00998 e. The van der Waals surface area contributed by atoms with Crippen LogP contribution < -0.4 is 5.73 Å². The molecule has 0 radical (unpaired) electrons. The molecule has 0 spiro atoms. The summed E-state index contributed by atoms with van der Waals surface area (Å²) in [7, 11) is 0. The highest BCUT2D eigenvalue weighted by atomic mass is 15.1. The molecule has 0 aliphatic heterocycles. The van der Waals surface area contributed by atoms with Gasteiger partial charge in [-0.25, -0.2) is 0 Å². The largest absolute Gasteiger partial charge is 0.327 e. The molecule has 0 aromatic carbocycles. The summed E-state index contributed by atoms with van der Waals surface area (Å²) in [6, 6.07) is 0.325. The minimum atomic E-state index is 0.247. The van der Waals surface area contributed by atoms with E-state index in [2.05, 4.69) is 32.6 Å². The van der Waals surface area contributed by atoms with Crippen LogP contribution in [0.4, 0.5) is 0 Å². The zero-order valence-electron chi connectivity index (χ0n) is 11.6. The summed E-state index contributed by atoms with van der Waals surface area (Å²) < 4.78 is 0. The summed E-state index contributed by atoms with van der Waals surface area (Å²) >= 11 is 0. The van der Waals surface area contributed by atoms with Crippen molar-refractivity contribution in [2.75, 3.05) is 19.6 Å². The van der Waals surface area contributed by atoms with Gasteiger partial charge in [-0.3, -0.25) is 0 Å². The van der Waals surface area contributed by atoms with Gasteiger partial charge in [-0.2, -0.15) is 0 Å². The Balaban J connectivity index is 2.25. The predicted octanol–water partition coefficient (Wildman–Crippen LogP) is 2.87. The molecule has 2 nitrogen and oxygen atoms in total. The smallest absolute Gasteiger partial charge is 0.00998 e. The van der Waals surface area contributed by atoms with Crippen molar-refractivity contribution in [1.29, 1.82) is 0 Å². The molecule has 0 aromatic rings. The maximum atomic E-state index is 6.21. The highest BCUT2D eigenvalue weighted by Crippen LogP contribution is 2.30. The number of nitrogens with two attached hydrogens (primary N) is 1. The average Bonchev–Trinajstić information content (AvgIpc) is 2.96. The normalized spacial score (nSPS) is 19.1. The van der Waals surface area contributed by atoms with Crippen molar-refractivity contribution in [3.8, 4) is 0 Å². The van der Waals surface area contributed by atoms with Crippen LogP contribution in [0, 0.1) is 11.3 Å². The zero-order valence-corrected chi connectivity index (χ0v) is 11.6. The lowest BCUT2D eigenvalue weighted by molar-refractivity contribution is 0.221. The number of hydrogen-bond donors (Lipinski definition) is 1. The monoisotopic (exact) mass is 226 g/mol. The summed E-state index contributed by atoms with van der Waals surface area (Å²) in [5.41, 5.74) is 6.46. The van der Waals surface area contributed by atoms with E-state index in [9.17, 15) is 0 Å². The third kappa shape index (κ3) is 5.31. The fraction of sp³-hybridized carbons (Fsp3) is 1.00. The minimum absolute atomic E-state index is 0.247. The van der Waals surface area contributed by atoms with E-state index < -0.39 is 0 Å². The quantitative estimate of drug-likeness (QED) is 0.723. The summed E-state index contributed by atoms with van der Waals surface area (Å²) in [6.45, 7) is 12.7. The Bertz CT molecular complexity index is 191. The van der Waals surface area contributed by atoms with Crippen molar-refractivity contribution in [3.05, 3.63) is 0 Å². The molecule has 1 aliphatic carbocycles. The van der Waals surface area contributed by atoms with Gasteiger partial charge in [0.25, 0.3) is 0 Å². The van der Waals surface area contributed by atoms with E-state index in [0.29, 0.717) is 6.04 Å². The first-order valence-corrected chi connectivity index (χ1v) is 6.91. The maximum absolute atomic E-state index is 6.21. The number of hydrogen-bond acceptors (Lipinski definition) is 2. The summed E-state index contributed by atoms with van der Waals surface area (Å²) in [4.78, 5) is 2.61. The van der Waals surface area contributed by atoms with Crippen molar-refractivity contribution >= 4 is 0 Å². The molecule has 1 rings (SSSR count). The topological polar surface area (TPSA) is 29.3 Å². The van der Waals surface area contributed by atoms with Crippen molar-refractivity contribution in [2.45, 2.75) is 59.4 Å². The first-order chi connectivity index (χ1) is 7.43. The standard InChI is InChI=1S/C14H30N2/c1-5-9-16(11-12-6-7-12)10-8-13(15)14(2,3)4/h12-13H,5-11,15H2,1-4H3. The molecule has 0 heterocycles. The van der Waals surface area contributed by atoms with E-state index in [1.54, 1.807) is 0 Å². The van der Waals surface area contributed by atoms with E-state index >= 15 is 0 Å². The molecule has 2 heteroatoms. The van der Waals surface area contributed by atoms with Gasteiger partial charge in [-0.15, -0.1) is 0 Å². The van der Waals surface area contributed by atoms with E-state index in [0.717, 1.165) is 12.3 Å². The van der Waals surface area contributed by atoms with Gasteiger partial charge < -0.3 is 10.6 Å². The van der Waals surface area contributed by atoms with Crippen molar-refractivity contribution in [3.63, 3.8) is 0 Å². The van der Waals surface area contributed by atoms with Gasteiger partial charge in [0.1, 0.15) is 0 Å². The Kier molecular flexibility index (Phi) is 5.26. The van der Waals surface area contributed by atoms with E-state index in [1.807, 2.05) is 0 Å². The molecule has 1 atom stereocenters. The SMILES string of the molecule is CCCN(CCC(N)C(C)(C)C)CC1CC1. The zero-order chi connectivity index (χ0) is 12.2. The molecule has 96 valence electrons. The first-order valence-electron chi connectivity index (χ1n) is 6.91. The van der Waals surface area contributed by atoms with Gasteiger partial charge in [0.2, 0.25) is 0 Å². The lowest BCUT2D eigenvalue weighted by Gasteiger charge is -2.30. The van der Waals surface area contributed by atoms with Gasteiger partial charge in [0.15, 0.2) is 0 Å². The molecule has 2 N–H and O–H groups in total. The van der Waals surface area contributed by atoms with E-state index in [-0.39, 0.29) is 5.41 Å². The fourth-order valence-electron chi connectivity index (χ4n) is 2.03. The molecule has 1 unspecified atom stereocenters. The Morgan fingerprint density at radius 2 is 1.88 bits per heavy atom. The van der Waals surface area contributed by atoms with Crippen LogP contribution in [0.3, 0.4) is 0 Å². The molecular weight excluding hydrogens is 196 g/mol. The Hall–Kier alpha value is -0.0800. The molecule has 1 aliphatic rings. The van der Waals surface area contributed by atoms with Crippen molar-refractivity contribution < 1.29 is 0 Å². The van der Waals surface area contributed by atoms with Crippen LogP contribution in [0.5, 0.6) is 0 Å². The molecule has 0 saturated heterocycles.